The smallest absolute Gasteiger partial charge is 0.165 e. The molecule has 0 unspecified atom stereocenters. The zero-order chi connectivity index (χ0) is 13.0. The Bertz CT molecular complexity index is 526. The lowest BCUT2D eigenvalue weighted by Crippen LogP contribution is -2.00. The first-order valence-electron chi connectivity index (χ1n) is 5.41. The minimum Gasteiger partial charge on any atom is -0.489 e. The van der Waals surface area contributed by atoms with Crippen molar-refractivity contribution in [2.45, 2.75) is 12.5 Å². The van der Waals surface area contributed by atoms with Gasteiger partial charge in [0.05, 0.1) is 0 Å². The molecule has 0 aromatic heterocycles. The number of benzene rings is 2. The Morgan fingerprint density at radius 1 is 1.00 bits per heavy atom. The molecule has 0 spiro atoms. The van der Waals surface area contributed by atoms with Crippen LogP contribution in [-0.2, 0) is 12.5 Å². The number of alkyl halides is 1. The van der Waals surface area contributed by atoms with Gasteiger partial charge in [-0.2, -0.15) is 0 Å². The second-order valence-corrected chi connectivity index (χ2v) is 4.05. The fourth-order valence-corrected chi connectivity index (χ4v) is 1.67. The molecule has 0 radical (unpaired) electrons. The average molecular weight is 269 g/mol. The number of hydrogen-bond acceptors (Lipinski definition) is 1. The zero-order valence-electron chi connectivity index (χ0n) is 9.50. The Morgan fingerprint density at radius 2 is 1.72 bits per heavy atom. The molecule has 0 N–H and O–H groups in total. The van der Waals surface area contributed by atoms with E-state index in [2.05, 4.69) is 0 Å². The van der Waals surface area contributed by atoms with E-state index in [9.17, 15) is 8.78 Å². The molecule has 94 valence electrons. The predicted octanol–water partition coefficient (Wildman–Crippen LogP) is 4.28. The number of halogens is 3. The lowest BCUT2D eigenvalue weighted by molar-refractivity contribution is 0.297. The van der Waals surface area contributed by atoms with Gasteiger partial charge in [0.1, 0.15) is 12.4 Å². The Hall–Kier alpha value is -1.61. The molecule has 18 heavy (non-hydrogen) atoms. The first-order chi connectivity index (χ1) is 8.70. The van der Waals surface area contributed by atoms with Gasteiger partial charge in [0.15, 0.2) is 11.6 Å². The van der Waals surface area contributed by atoms with Gasteiger partial charge in [0.2, 0.25) is 0 Å². The van der Waals surface area contributed by atoms with Gasteiger partial charge in [-0.15, -0.1) is 11.6 Å². The second kappa shape index (κ2) is 5.83. The van der Waals surface area contributed by atoms with E-state index in [4.69, 9.17) is 16.3 Å². The number of rotatable bonds is 4. The van der Waals surface area contributed by atoms with Crippen LogP contribution in [-0.4, -0.2) is 0 Å². The highest BCUT2D eigenvalue weighted by Gasteiger charge is 2.07. The Kier molecular flexibility index (Phi) is 4.15. The van der Waals surface area contributed by atoms with Gasteiger partial charge in [-0.05, 0) is 23.8 Å². The number of ether oxygens (including phenoxy) is 1. The van der Waals surface area contributed by atoms with Crippen molar-refractivity contribution in [3.05, 3.63) is 65.2 Å². The Labute approximate surface area is 109 Å². The Morgan fingerprint density at radius 3 is 2.39 bits per heavy atom. The molecule has 0 atom stereocenters. The normalized spacial score (nSPS) is 10.4. The fourth-order valence-electron chi connectivity index (χ4n) is 1.50. The van der Waals surface area contributed by atoms with Crippen LogP contribution in [0.4, 0.5) is 8.78 Å². The van der Waals surface area contributed by atoms with Crippen molar-refractivity contribution < 1.29 is 13.5 Å². The average Bonchev–Trinajstić information content (AvgIpc) is 2.41. The fraction of sp³-hybridized carbons (Fsp3) is 0.143. The van der Waals surface area contributed by atoms with Crippen LogP contribution in [0.15, 0.2) is 42.5 Å². The zero-order valence-corrected chi connectivity index (χ0v) is 10.3. The standard InChI is InChI=1S/C14H11ClF2O/c15-8-10-4-6-12(7-5-10)18-9-11-2-1-3-13(16)14(11)17/h1-7H,8-9H2. The maximum atomic E-state index is 13.4. The van der Waals surface area contributed by atoms with E-state index in [1.807, 2.05) is 12.1 Å². The molecular formula is C14H11ClF2O. The minimum absolute atomic E-state index is 0.0101. The van der Waals surface area contributed by atoms with Crippen LogP contribution in [0.25, 0.3) is 0 Å². The van der Waals surface area contributed by atoms with E-state index >= 15 is 0 Å². The summed E-state index contributed by atoms with van der Waals surface area (Å²) in [5.41, 5.74) is 1.16. The third-order valence-electron chi connectivity index (χ3n) is 2.50. The highest BCUT2D eigenvalue weighted by Crippen LogP contribution is 2.17. The largest absolute Gasteiger partial charge is 0.489 e. The summed E-state index contributed by atoms with van der Waals surface area (Å²) in [6, 6.07) is 11.2. The SMILES string of the molecule is Fc1cccc(COc2ccc(CCl)cc2)c1F. The van der Waals surface area contributed by atoms with Crippen molar-refractivity contribution >= 4 is 11.6 Å². The van der Waals surface area contributed by atoms with Gasteiger partial charge < -0.3 is 4.74 Å². The summed E-state index contributed by atoms with van der Waals surface area (Å²) < 4.78 is 31.7. The van der Waals surface area contributed by atoms with Gasteiger partial charge in [-0.25, -0.2) is 8.78 Å². The van der Waals surface area contributed by atoms with E-state index in [1.165, 1.54) is 12.1 Å². The van der Waals surface area contributed by atoms with Crippen LogP contribution in [0, 0.1) is 11.6 Å². The molecule has 0 amide bonds. The molecule has 0 saturated carbocycles. The summed E-state index contributed by atoms with van der Waals surface area (Å²) in [4.78, 5) is 0. The Balaban J connectivity index is 2.04. The molecule has 1 nitrogen and oxygen atoms in total. The quantitative estimate of drug-likeness (QED) is 0.752. The molecule has 0 bridgehead atoms. The van der Waals surface area contributed by atoms with Gasteiger partial charge in [-0.3, -0.25) is 0 Å². The monoisotopic (exact) mass is 268 g/mol. The summed E-state index contributed by atoms with van der Waals surface area (Å²) in [6.45, 7) is -0.0101. The lowest BCUT2D eigenvalue weighted by Gasteiger charge is -2.07. The summed E-state index contributed by atoms with van der Waals surface area (Å²) >= 11 is 5.66. The van der Waals surface area contributed by atoms with Crippen molar-refractivity contribution in [3.8, 4) is 5.75 Å². The van der Waals surface area contributed by atoms with Gasteiger partial charge in [-0.1, -0.05) is 24.3 Å². The van der Waals surface area contributed by atoms with Gasteiger partial charge in [0.25, 0.3) is 0 Å². The highest BCUT2D eigenvalue weighted by molar-refractivity contribution is 6.17. The summed E-state index contributed by atoms with van der Waals surface area (Å²) in [6.07, 6.45) is 0. The van der Waals surface area contributed by atoms with Crippen LogP contribution in [0.3, 0.4) is 0 Å². The lowest BCUT2D eigenvalue weighted by atomic mass is 10.2. The first-order valence-corrected chi connectivity index (χ1v) is 5.95. The summed E-state index contributed by atoms with van der Waals surface area (Å²) in [7, 11) is 0. The third-order valence-corrected chi connectivity index (χ3v) is 2.81. The van der Waals surface area contributed by atoms with E-state index in [1.54, 1.807) is 12.1 Å². The summed E-state index contributed by atoms with van der Waals surface area (Å²) in [5.74, 6) is -0.713. The molecule has 0 heterocycles. The van der Waals surface area contributed by atoms with Gasteiger partial charge in [0, 0.05) is 11.4 Å². The molecule has 2 aromatic rings. The van der Waals surface area contributed by atoms with Crippen LogP contribution in [0.5, 0.6) is 5.75 Å². The van der Waals surface area contributed by atoms with Crippen molar-refractivity contribution in [1.29, 1.82) is 0 Å². The topological polar surface area (TPSA) is 9.23 Å². The third kappa shape index (κ3) is 2.99. The maximum absolute atomic E-state index is 13.4. The minimum atomic E-state index is -0.867. The van der Waals surface area contributed by atoms with Crippen LogP contribution >= 0.6 is 11.6 Å². The molecule has 0 aliphatic carbocycles. The van der Waals surface area contributed by atoms with Crippen molar-refractivity contribution in [3.63, 3.8) is 0 Å². The van der Waals surface area contributed by atoms with E-state index in [-0.39, 0.29) is 12.2 Å². The highest BCUT2D eigenvalue weighted by atomic mass is 35.5. The first kappa shape index (κ1) is 12.8. The second-order valence-electron chi connectivity index (χ2n) is 3.78. The van der Waals surface area contributed by atoms with Crippen LogP contribution in [0.2, 0.25) is 0 Å². The van der Waals surface area contributed by atoms with E-state index in [0.717, 1.165) is 11.6 Å². The molecule has 4 heteroatoms. The molecule has 2 rings (SSSR count). The molecule has 2 aromatic carbocycles. The van der Waals surface area contributed by atoms with E-state index in [0.29, 0.717) is 11.6 Å². The molecule has 0 saturated heterocycles. The molecular weight excluding hydrogens is 258 g/mol. The van der Waals surface area contributed by atoms with Crippen molar-refractivity contribution in [2.75, 3.05) is 0 Å². The molecule has 0 aliphatic rings. The van der Waals surface area contributed by atoms with Gasteiger partial charge >= 0.3 is 0 Å². The van der Waals surface area contributed by atoms with E-state index < -0.39 is 11.6 Å². The number of hydrogen-bond donors (Lipinski definition) is 0. The van der Waals surface area contributed by atoms with Crippen molar-refractivity contribution in [2.24, 2.45) is 0 Å². The molecule has 0 aliphatic heterocycles. The van der Waals surface area contributed by atoms with Crippen molar-refractivity contribution in [1.82, 2.24) is 0 Å². The molecule has 0 fully saturated rings. The predicted molar refractivity (Wildman–Crippen MR) is 66.7 cm³/mol. The van der Waals surface area contributed by atoms with Crippen LogP contribution < -0.4 is 4.74 Å². The maximum Gasteiger partial charge on any atom is 0.165 e. The summed E-state index contributed by atoms with van der Waals surface area (Å²) in [5, 5.41) is 0. The van der Waals surface area contributed by atoms with Crippen LogP contribution in [0.1, 0.15) is 11.1 Å².